The van der Waals surface area contributed by atoms with Gasteiger partial charge in [0.05, 0.1) is 21.2 Å². The molecule has 4 aromatic rings. The Balaban J connectivity index is 2.02. The van der Waals surface area contributed by atoms with Gasteiger partial charge in [-0.15, -0.1) is 11.3 Å². The van der Waals surface area contributed by atoms with Gasteiger partial charge < -0.3 is 9.52 Å². The highest BCUT2D eigenvalue weighted by molar-refractivity contribution is 7.21. The number of aromatic nitrogens is 1. The molecule has 4 rings (SSSR count). The van der Waals surface area contributed by atoms with Gasteiger partial charge >= 0.3 is 0 Å². The first-order valence-electron chi connectivity index (χ1n) is 7.73. The zero-order valence-corrected chi connectivity index (χ0v) is 14.1. The van der Waals surface area contributed by atoms with Gasteiger partial charge in [0.2, 0.25) is 5.43 Å². The van der Waals surface area contributed by atoms with Crippen LogP contribution >= 0.6 is 11.3 Å². The summed E-state index contributed by atoms with van der Waals surface area (Å²) < 4.78 is 6.72. The summed E-state index contributed by atoms with van der Waals surface area (Å²) in [6.45, 7) is 3.70. The Morgan fingerprint density at radius 3 is 2.83 bits per heavy atom. The van der Waals surface area contributed by atoms with E-state index in [0.717, 1.165) is 15.8 Å². The number of para-hydroxylation sites is 1. The van der Waals surface area contributed by atoms with E-state index in [2.05, 4.69) is 4.98 Å². The van der Waals surface area contributed by atoms with E-state index in [0.29, 0.717) is 33.5 Å². The van der Waals surface area contributed by atoms with Crippen molar-refractivity contribution in [2.75, 3.05) is 0 Å². The summed E-state index contributed by atoms with van der Waals surface area (Å²) in [4.78, 5) is 17.5. The number of hydrogen-bond donors (Lipinski definition) is 1. The summed E-state index contributed by atoms with van der Waals surface area (Å²) in [5, 5.41) is 11.3. The number of rotatable bonds is 2. The summed E-state index contributed by atoms with van der Waals surface area (Å²) in [6, 6.07) is 9.51. The molecule has 0 atom stereocenters. The number of benzene rings is 2. The fourth-order valence-corrected chi connectivity index (χ4v) is 3.87. The van der Waals surface area contributed by atoms with E-state index in [1.165, 1.54) is 17.6 Å². The van der Waals surface area contributed by atoms with E-state index in [4.69, 9.17) is 4.42 Å². The maximum absolute atomic E-state index is 13.0. The molecule has 0 amide bonds. The molecule has 2 aromatic heterocycles. The lowest BCUT2D eigenvalue weighted by Gasteiger charge is -2.09. The standard InChI is InChI=1S/C19H15NO3S/c1-3-11-8-12-17(22)13(9-23-18(12)10(2)16(11)21)19-20-14-6-4-5-7-15(14)24-19/h4-9,21H,3H2,1-2H3. The minimum absolute atomic E-state index is 0.117. The molecule has 2 aromatic carbocycles. The number of aryl methyl sites for hydroxylation is 2. The second-order valence-corrected chi connectivity index (χ2v) is 6.74. The van der Waals surface area contributed by atoms with Crippen molar-refractivity contribution in [3.8, 4) is 16.3 Å². The van der Waals surface area contributed by atoms with Gasteiger partial charge in [0.15, 0.2) is 0 Å². The minimum Gasteiger partial charge on any atom is -0.507 e. The predicted molar refractivity (Wildman–Crippen MR) is 96.9 cm³/mol. The second kappa shape index (κ2) is 5.46. The van der Waals surface area contributed by atoms with Crippen molar-refractivity contribution in [1.82, 2.24) is 4.98 Å². The number of phenolic OH excluding ortho intramolecular Hbond substituents is 1. The molecule has 0 aliphatic carbocycles. The van der Waals surface area contributed by atoms with E-state index in [-0.39, 0.29) is 11.2 Å². The van der Waals surface area contributed by atoms with Crippen LogP contribution < -0.4 is 5.43 Å². The van der Waals surface area contributed by atoms with E-state index < -0.39 is 0 Å². The summed E-state index contributed by atoms with van der Waals surface area (Å²) in [5.74, 6) is 0.195. The molecule has 0 saturated carbocycles. The molecule has 4 nitrogen and oxygen atoms in total. The summed E-state index contributed by atoms with van der Waals surface area (Å²) in [6.07, 6.45) is 2.09. The topological polar surface area (TPSA) is 63.3 Å². The summed E-state index contributed by atoms with van der Waals surface area (Å²) in [7, 11) is 0. The van der Waals surface area contributed by atoms with Gasteiger partial charge in [0, 0.05) is 5.56 Å². The zero-order valence-electron chi connectivity index (χ0n) is 13.3. The van der Waals surface area contributed by atoms with Crippen LogP contribution in [0.25, 0.3) is 31.8 Å². The smallest absolute Gasteiger partial charge is 0.202 e. The second-order valence-electron chi connectivity index (χ2n) is 5.70. The first kappa shape index (κ1) is 14.9. The van der Waals surface area contributed by atoms with Gasteiger partial charge in [0.25, 0.3) is 0 Å². The van der Waals surface area contributed by atoms with Crippen molar-refractivity contribution in [2.45, 2.75) is 20.3 Å². The fraction of sp³-hybridized carbons (Fsp3) is 0.158. The number of thiazole rings is 1. The monoisotopic (exact) mass is 337 g/mol. The molecule has 120 valence electrons. The van der Waals surface area contributed by atoms with Gasteiger partial charge in [-0.2, -0.15) is 0 Å². The highest BCUT2D eigenvalue weighted by atomic mass is 32.1. The van der Waals surface area contributed by atoms with E-state index in [9.17, 15) is 9.90 Å². The average molecular weight is 337 g/mol. The first-order valence-corrected chi connectivity index (χ1v) is 8.54. The number of hydrogen-bond acceptors (Lipinski definition) is 5. The Labute approximate surface area is 142 Å². The normalized spacial score (nSPS) is 11.4. The van der Waals surface area contributed by atoms with Crippen LogP contribution in [0.2, 0.25) is 0 Å². The van der Waals surface area contributed by atoms with E-state index in [1.54, 1.807) is 13.0 Å². The number of phenols is 1. The number of fused-ring (bicyclic) bond motifs is 2. The molecule has 0 aliphatic rings. The lowest BCUT2D eigenvalue weighted by atomic mass is 10.0. The molecule has 2 heterocycles. The highest BCUT2D eigenvalue weighted by Gasteiger charge is 2.17. The van der Waals surface area contributed by atoms with Crippen LogP contribution in [-0.4, -0.2) is 10.1 Å². The molecule has 0 spiro atoms. The Hall–Kier alpha value is -2.66. The van der Waals surface area contributed by atoms with Crippen molar-refractivity contribution < 1.29 is 9.52 Å². The fourth-order valence-electron chi connectivity index (χ4n) is 2.90. The lowest BCUT2D eigenvalue weighted by Crippen LogP contribution is -2.06. The molecular weight excluding hydrogens is 322 g/mol. The van der Waals surface area contributed by atoms with Crippen LogP contribution in [0.4, 0.5) is 0 Å². The van der Waals surface area contributed by atoms with Crippen molar-refractivity contribution in [3.05, 3.63) is 57.9 Å². The van der Waals surface area contributed by atoms with E-state index in [1.807, 2.05) is 31.2 Å². The molecule has 0 saturated heterocycles. The molecule has 0 aliphatic heterocycles. The molecule has 24 heavy (non-hydrogen) atoms. The Morgan fingerprint density at radius 2 is 2.08 bits per heavy atom. The van der Waals surface area contributed by atoms with Gasteiger partial charge in [-0.1, -0.05) is 19.1 Å². The largest absolute Gasteiger partial charge is 0.507 e. The SMILES string of the molecule is CCc1cc2c(=O)c(-c3nc4ccccc4s3)coc2c(C)c1O. The maximum Gasteiger partial charge on any atom is 0.202 e. The molecule has 5 heteroatoms. The van der Waals surface area contributed by atoms with Gasteiger partial charge in [-0.05, 0) is 37.1 Å². The summed E-state index contributed by atoms with van der Waals surface area (Å²) >= 11 is 1.47. The van der Waals surface area contributed by atoms with Crippen molar-refractivity contribution in [2.24, 2.45) is 0 Å². The molecule has 0 radical (unpaired) electrons. The summed E-state index contributed by atoms with van der Waals surface area (Å²) in [5.41, 5.74) is 2.97. The number of nitrogens with zero attached hydrogens (tertiary/aromatic N) is 1. The molecule has 0 unspecified atom stereocenters. The van der Waals surface area contributed by atoms with Gasteiger partial charge in [0.1, 0.15) is 22.6 Å². The van der Waals surface area contributed by atoms with Crippen LogP contribution in [0.1, 0.15) is 18.1 Å². The highest BCUT2D eigenvalue weighted by Crippen LogP contribution is 2.33. The third-order valence-corrected chi connectivity index (χ3v) is 5.32. The van der Waals surface area contributed by atoms with Crippen LogP contribution in [0.15, 0.2) is 45.8 Å². The zero-order chi connectivity index (χ0) is 16.8. The van der Waals surface area contributed by atoms with Crippen molar-refractivity contribution >= 4 is 32.5 Å². The predicted octanol–water partition coefficient (Wildman–Crippen LogP) is 4.65. The Bertz CT molecular complexity index is 1110. The van der Waals surface area contributed by atoms with Gasteiger partial charge in [-0.3, -0.25) is 4.79 Å². The van der Waals surface area contributed by atoms with E-state index >= 15 is 0 Å². The Kier molecular flexibility index (Phi) is 3.39. The van der Waals surface area contributed by atoms with Crippen LogP contribution in [0, 0.1) is 6.92 Å². The third kappa shape index (κ3) is 2.12. The van der Waals surface area contributed by atoms with Crippen LogP contribution in [-0.2, 0) is 6.42 Å². The molecular formula is C19H15NO3S. The van der Waals surface area contributed by atoms with Crippen LogP contribution in [0.3, 0.4) is 0 Å². The molecule has 0 bridgehead atoms. The molecule has 0 fully saturated rings. The quantitative estimate of drug-likeness (QED) is 0.578. The third-order valence-electron chi connectivity index (χ3n) is 4.25. The van der Waals surface area contributed by atoms with Crippen molar-refractivity contribution in [1.29, 1.82) is 0 Å². The first-order chi connectivity index (χ1) is 11.6. The minimum atomic E-state index is -0.117. The Morgan fingerprint density at radius 1 is 1.29 bits per heavy atom. The molecule has 1 N–H and O–H groups in total. The van der Waals surface area contributed by atoms with Crippen molar-refractivity contribution in [3.63, 3.8) is 0 Å². The van der Waals surface area contributed by atoms with Gasteiger partial charge in [-0.25, -0.2) is 4.98 Å². The maximum atomic E-state index is 13.0. The number of aromatic hydroxyl groups is 1. The average Bonchev–Trinajstić information content (AvgIpc) is 3.02. The van der Waals surface area contributed by atoms with Crippen LogP contribution in [0.5, 0.6) is 5.75 Å². The lowest BCUT2D eigenvalue weighted by molar-refractivity contribution is 0.463.